The summed E-state index contributed by atoms with van der Waals surface area (Å²) in [7, 11) is 1.72. The topological polar surface area (TPSA) is 76.7 Å². The number of nitrogens with two attached hydrogens (primary N) is 1. The van der Waals surface area contributed by atoms with Crippen LogP contribution in [0.4, 0.5) is 0 Å². The Morgan fingerprint density at radius 2 is 2.43 bits per heavy atom. The van der Waals surface area contributed by atoms with Crippen LogP contribution in [-0.2, 0) is 7.05 Å². The number of nitrogens with zero attached hydrogens (tertiary/aromatic N) is 2. The first-order chi connectivity index (χ1) is 6.68. The zero-order valence-corrected chi connectivity index (χ0v) is 8.88. The van der Waals surface area contributed by atoms with Crippen LogP contribution in [0, 0.1) is 0 Å². The van der Waals surface area contributed by atoms with E-state index >= 15 is 0 Å². The highest BCUT2D eigenvalue weighted by molar-refractivity contribution is 7.99. The van der Waals surface area contributed by atoms with Gasteiger partial charge in [-0.1, -0.05) is 18.2 Å². The van der Waals surface area contributed by atoms with Gasteiger partial charge in [-0.2, -0.15) is 0 Å². The van der Waals surface area contributed by atoms with Crippen molar-refractivity contribution in [3.8, 4) is 0 Å². The summed E-state index contributed by atoms with van der Waals surface area (Å²) in [5.74, 6) is 0. The van der Waals surface area contributed by atoms with Crippen molar-refractivity contribution in [1.29, 1.82) is 0 Å². The zero-order valence-electron chi connectivity index (χ0n) is 8.06. The Balaban J connectivity index is 2.10. The van der Waals surface area contributed by atoms with Crippen LogP contribution >= 0.6 is 11.8 Å². The van der Waals surface area contributed by atoms with Gasteiger partial charge < -0.3 is 5.73 Å². The van der Waals surface area contributed by atoms with Crippen molar-refractivity contribution in [2.24, 2.45) is 12.8 Å². The summed E-state index contributed by atoms with van der Waals surface area (Å²) in [6.07, 6.45) is 3.38. The predicted octanol–water partition coefficient (Wildman–Crippen LogP) is 0.0803. The Morgan fingerprint density at radius 1 is 1.64 bits per heavy atom. The van der Waals surface area contributed by atoms with E-state index in [9.17, 15) is 4.79 Å². The molecule has 0 saturated heterocycles. The van der Waals surface area contributed by atoms with Crippen LogP contribution in [0.1, 0.15) is 19.3 Å². The third-order valence-corrected chi connectivity index (χ3v) is 4.06. The Labute approximate surface area is 86.1 Å². The van der Waals surface area contributed by atoms with E-state index in [1.54, 1.807) is 18.8 Å². The maximum atomic E-state index is 11.1. The quantitative estimate of drug-likeness (QED) is 0.731. The molecule has 1 aromatic rings. The van der Waals surface area contributed by atoms with Crippen LogP contribution in [0.3, 0.4) is 0 Å². The fourth-order valence-corrected chi connectivity index (χ4v) is 2.88. The van der Waals surface area contributed by atoms with Gasteiger partial charge in [0, 0.05) is 18.3 Å². The number of rotatable bonds is 2. The average Bonchev–Trinajstić information content (AvgIpc) is 2.68. The normalized spacial score (nSPS) is 27.0. The van der Waals surface area contributed by atoms with Gasteiger partial charge in [0.25, 0.3) is 0 Å². The highest BCUT2D eigenvalue weighted by atomic mass is 32.2. The molecule has 1 aliphatic carbocycles. The molecule has 0 spiro atoms. The average molecular weight is 214 g/mol. The van der Waals surface area contributed by atoms with Crippen molar-refractivity contribution < 1.29 is 0 Å². The van der Waals surface area contributed by atoms with Gasteiger partial charge in [0.1, 0.15) is 0 Å². The molecular weight excluding hydrogens is 200 g/mol. The molecule has 2 atom stereocenters. The van der Waals surface area contributed by atoms with Gasteiger partial charge >= 0.3 is 5.69 Å². The molecule has 0 amide bonds. The van der Waals surface area contributed by atoms with Crippen molar-refractivity contribution in [2.45, 2.75) is 35.7 Å². The highest BCUT2D eigenvalue weighted by Crippen LogP contribution is 2.32. The molecule has 6 heteroatoms. The van der Waals surface area contributed by atoms with E-state index in [0.29, 0.717) is 5.25 Å². The molecule has 0 bridgehead atoms. The summed E-state index contributed by atoms with van der Waals surface area (Å²) in [6, 6.07) is 0.242. The third kappa shape index (κ3) is 1.72. The summed E-state index contributed by atoms with van der Waals surface area (Å²) >= 11 is 1.60. The molecule has 0 radical (unpaired) electrons. The van der Waals surface area contributed by atoms with E-state index in [-0.39, 0.29) is 11.7 Å². The molecule has 1 heterocycles. The van der Waals surface area contributed by atoms with Gasteiger partial charge in [-0.05, 0) is 12.8 Å². The predicted molar refractivity (Wildman–Crippen MR) is 55.3 cm³/mol. The monoisotopic (exact) mass is 214 g/mol. The molecule has 1 aromatic heterocycles. The van der Waals surface area contributed by atoms with Gasteiger partial charge in [-0.15, -0.1) is 5.10 Å². The van der Waals surface area contributed by atoms with Gasteiger partial charge in [0.15, 0.2) is 5.16 Å². The smallest absolute Gasteiger partial charge is 0.327 e. The van der Waals surface area contributed by atoms with Crippen LogP contribution in [0.25, 0.3) is 0 Å². The van der Waals surface area contributed by atoms with Crippen LogP contribution in [0.5, 0.6) is 0 Å². The van der Waals surface area contributed by atoms with Crippen molar-refractivity contribution >= 4 is 11.8 Å². The lowest BCUT2D eigenvalue weighted by Crippen LogP contribution is -2.26. The molecule has 1 fully saturated rings. The van der Waals surface area contributed by atoms with E-state index in [0.717, 1.165) is 18.0 Å². The first-order valence-electron chi connectivity index (χ1n) is 4.72. The minimum atomic E-state index is -0.168. The number of hydrogen-bond acceptors (Lipinski definition) is 4. The minimum Gasteiger partial charge on any atom is -0.327 e. The van der Waals surface area contributed by atoms with E-state index in [1.807, 2.05) is 0 Å². The molecule has 78 valence electrons. The fraction of sp³-hybridized carbons (Fsp3) is 0.750. The molecule has 1 saturated carbocycles. The largest absolute Gasteiger partial charge is 0.343 e. The number of H-pyrrole nitrogens is 1. The molecule has 0 aromatic carbocycles. The summed E-state index contributed by atoms with van der Waals surface area (Å²) in [6.45, 7) is 0. The van der Waals surface area contributed by atoms with Crippen LogP contribution in [0.15, 0.2) is 9.95 Å². The van der Waals surface area contributed by atoms with Gasteiger partial charge in [-0.25, -0.2) is 9.89 Å². The number of hydrogen-bond donors (Lipinski definition) is 2. The van der Waals surface area contributed by atoms with E-state index in [2.05, 4.69) is 10.2 Å². The Kier molecular flexibility index (Phi) is 2.64. The summed E-state index contributed by atoms with van der Waals surface area (Å²) in [4.78, 5) is 11.1. The molecule has 2 unspecified atom stereocenters. The van der Waals surface area contributed by atoms with Gasteiger partial charge in [0.05, 0.1) is 0 Å². The van der Waals surface area contributed by atoms with Crippen LogP contribution < -0.4 is 11.4 Å². The maximum absolute atomic E-state index is 11.1. The molecule has 14 heavy (non-hydrogen) atoms. The Hall–Kier alpha value is -0.750. The maximum Gasteiger partial charge on any atom is 0.343 e. The highest BCUT2D eigenvalue weighted by Gasteiger charge is 2.26. The van der Waals surface area contributed by atoms with E-state index in [4.69, 9.17) is 5.73 Å². The Bertz CT molecular complexity index is 372. The summed E-state index contributed by atoms with van der Waals surface area (Å²) in [5.41, 5.74) is 5.77. The lowest BCUT2D eigenvalue weighted by molar-refractivity contribution is 0.706. The van der Waals surface area contributed by atoms with Crippen molar-refractivity contribution in [1.82, 2.24) is 14.8 Å². The second kappa shape index (κ2) is 3.78. The molecule has 5 nitrogen and oxygen atoms in total. The molecule has 1 aliphatic rings. The van der Waals surface area contributed by atoms with Crippen molar-refractivity contribution in [2.75, 3.05) is 0 Å². The summed E-state index contributed by atoms with van der Waals surface area (Å²) in [5, 5.41) is 7.51. The van der Waals surface area contributed by atoms with Gasteiger partial charge in [-0.3, -0.25) is 4.57 Å². The standard InChI is InChI=1S/C8H14N4OS/c1-12-7(13)10-11-8(12)14-6-4-2-3-5(6)9/h5-6H,2-4,9H2,1H3,(H,10,13). The van der Waals surface area contributed by atoms with Crippen molar-refractivity contribution in [3.63, 3.8) is 0 Å². The number of aromatic amines is 1. The van der Waals surface area contributed by atoms with Gasteiger partial charge in [0.2, 0.25) is 0 Å². The second-order valence-corrected chi connectivity index (χ2v) is 4.83. The zero-order chi connectivity index (χ0) is 10.1. The lowest BCUT2D eigenvalue weighted by atomic mass is 10.3. The SMILES string of the molecule is Cn1c(SC2CCCC2N)n[nH]c1=O. The van der Waals surface area contributed by atoms with Crippen LogP contribution in [-0.4, -0.2) is 26.1 Å². The van der Waals surface area contributed by atoms with Crippen molar-refractivity contribution in [3.05, 3.63) is 10.5 Å². The number of nitrogens with one attached hydrogen (secondary N) is 1. The third-order valence-electron chi connectivity index (χ3n) is 2.60. The van der Waals surface area contributed by atoms with E-state index < -0.39 is 0 Å². The molecule has 3 N–H and O–H groups in total. The molecule has 0 aliphatic heterocycles. The molecular formula is C8H14N4OS. The number of thioether (sulfide) groups is 1. The first kappa shape index (κ1) is 9.79. The number of aromatic nitrogens is 3. The first-order valence-corrected chi connectivity index (χ1v) is 5.60. The fourth-order valence-electron chi connectivity index (χ4n) is 1.67. The minimum absolute atomic E-state index is 0.168. The Morgan fingerprint density at radius 3 is 2.93 bits per heavy atom. The van der Waals surface area contributed by atoms with Crippen LogP contribution in [0.2, 0.25) is 0 Å². The van der Waals surface area contributed by atoms with E-state index in [1.165, 1.54) is 11.0 Å². The second-order valence-electron chi connectivity index (χ2n) is 3.62. The summed E-state index contributed by atoms with van der Waals surface area (Å²) < 4.78 is 1.52. The molecule has 2 rings (SSSR count). The lowest BCUT2D eigenvalue weighted by Gasteiger charge is -2.12.